The Morgan fingerprint density at radius 3 is 2.44 bits per heavy atom. The fourth-order valence-corrected chi connectivity index (χ4v) is 1.79. The molecule has 0 radical (unpaired) electrons. The van der Waals surface area contributed by atoms with E-state index in [1.165, 1.54) is 5.56 Å². The van der Waals surface area contributed by atoms with Gasteiger partial charge in [0.15, 0.2) is 0 Å². The molecule has 86 valence electrons. The number of primary amides is 1. The summed E-state index contributed by atoms with van der Waals surface area (Å²) in [5.74, 6) is -0.377. The molecule has 1 saturated heterocycles. The predicted molar refractivity (Wildman–Crippen MR) is 61.1 cm³/mol. The Kier molecular flexibility index (Phi) is 3.54. The molecular formula is C12H16N2O2. The molecule has 2 rings (SSSR count). The summed E-state index contributed by atoms with van der Waals surface area (Å²) in [5, 5.41) is 0. The summed E-state index contributed by atoms with van der Waals surface area (Å²) < 4.78 is 5.29. The second kappa shape index (κ2) is 5.09. The molecular weight excluding hydrogens is 204 g/mol. The number of nitrogens with two attached hydrogens (primary N) is 1. The number of carbonyl (C=O) groups is 1. The maximum Gasteiger partial charge on any atom is 0.248 e. The lowest BCUT2D eigenvalue weighted by atomic mass is 10.1. The minimum atomic E-state index is -0.377. The van der Waals surface area contributed by atoms with Crippen molar-refractivity contribution in [3.05, 3.63) is 35.4 Å². The molecule has 4 nitrogen and oxygen atoms in total. The molecule has 1 heterocycles. The van der Waals surface area contributed by atoms with Crippen LogP contribution in [0.15, 0.2) is 24.3 Å². The van der Waals surface area contributed by atoms with Crippen molar-refractivity contribution in [3.63, 3.8) is 0 Å². The Balaban J connectivity index is 1.96. The van der Waals surface area contributed by atoms with E-state index in [2.05, 4.69) is 4.90 Å². The minimum absolute atomic E-state index is 0.377. The lowest BCUT2D eigenvalue weighted by molar-refractivity contribution is 0.0342. The maximum absolute atomic E-state index is 10.9. The molecule has 0 spiro atoms. The fraction of sp³-hybridized carbons (Fsp3) is 0.417. The third-order valence-electron chi connectivity index (χ3n) is 2.75. The highest BCUT2D eigenvalue weighted by atomic mass is 16.5. The molecule has 1 aromatic rings. The first-order chi connectivity index (χ1) is 7.75. The molecule has 0 bridgehead atoms. The van der Waals surface area contributed by atoms with Crippen LogP contribution in [0.1, 0.15) is 15.9 Å². The number of hydrogen-bond acceptors (Lipinski definition) is 3. The van der Waals surface area contributed by atoms with E-state index < -0.39 is 0 Å². The van der Waals surface area contributed by atoms with Crippen LogP contribution in [0.3, 0.4) is 0 Å². The van der Waals surface area contributed by atoms with Crippen molar-refractivity contribution in [3.8, 4) is 0 Å². The van der Waals surface area contributed by atoms with Gasteiger partial charge in [0.1, 0.15) is 0 Å². The molecule has 2 N–H and O–H groups in total. The summed E-state index contributed by atoms with van der Waals surface area (Å²) in [5.41, 5.74) is 6.94. The predicted octanol–water partition coefficient (Wildman–Crippen LogP) is 0.618. The SMILES string of the molecule is NC(=O)c1ccc(CN2CCOCC2)cc1. The third-order valence-corrected chi connectivity index (χ3v) is 2.75. The van der Waals surface area contributed by atoms with E-state index in [4.69, 9.17) is 10.5 Å². The van der Waals surface area contributed by atoms with Gasteiger partial charge in [-0.3, -0.25) is 9.69 Å². The van der Waals surface area contributed by atoms with Crippen molar-refractivity contribution in [1.29, 1.82) is 0 Å². The number of rotatable bonds is 3. The molecule has 1 aliphatic heterocycles. The van der Waals surface area contributed by atoms with E-state index in [1.54, 1.807) is 12.1 Å². The van der Waals surface area contributed by atoms with Crippen LogP contribution >= 0.6 is 0 Å². The zero-order valence-electron chi connectivity index (χ0n) is 9.19. The summed E-state index contributed by atoms with van der Waals surface area (Å²) in [6.07, 6.45) is 0. The Morgan fingerprint density at radius 2 is 1.88 bits per heavy atom. The first-order valence-corrected chi connectivity index (χ1v) is 5.44. The highest BCUT2D eigenvalue weighted by Crippen LogP contribution is 2.08. The van der Waals surface area contributed by atoms with Crippen LogP contribution in [-0.2, 0) is 11.3 Å². The zero-order valence-corrected chi connectivity index (χ0v) is 9.19. The minimum Gasteiger partial charge on any atom is -0.379 e. The maximum atomic E-state index is 10.9. The molecule has 1 amide bonds. The summed E-state index contributed by atoms with van der Waals surface area (Å²) in [4.78, 5) is 13.2. The molecule has 0 atom stereocenters. The van der Waals surface area contributed by atoms with Crippen LogP contribution < -0.4 is 5.73 Å². The quantitative estimate of drug-likeness (QED) is 0.812. The van der Waals surface area contributed by atoms with Gasteiger partial charge < -0.3 is 10.5 Å². The van der Waals surface area contributed by atoms with Gasteiger partial charge in [0.05, 0.1) is 13.2 Å². The molecule has 4 heteroatoms. The Labute approximate surface area is 95.0 Å². The van der Waals surface area contributed by atoms with Gasteiger partial charge in [0.2, 0.25) is 5.91 Å². The standard InChI is InChI=1S/C12H16N2O2/c13-12(15)11-3-1-10(2-4-11)9-14-5-7-16-8-6-14/h1-4H,5-9H2,(H2,13,15). The van der Waals surface area contributed by atoms with Gasteiger partial charge in [-0.25, -0.2) is 0 Å². The van der Waals surface area contributed by atoms with E-state index >= 15 is 0 Å². The molecule has 0 unspecified atom stereocenters. The Bertz CT molecular complexity index is 356. The Hall–Kier alpha value is -1.39. The third kappa shape index (κ3) is 2.81. The van der Waals surface area contributed by atoms with Crippen molar-refractivity contribution in [2.75, 3.05) is 26.3 Å². The van der Waals surface area contributed by atoms with Gasteiger partial charge in [0, 0.05) is 25.2 Å². The molecule has 16 heavy (non-hydrogen) atoms. The Morgan fingerprint density at radius 1 is 1.25 bits per heavy atom. The van der Waals surface area contributed by atoms with Gasteiger partial charge in [-0.05, 0) is 17.7 Å². The van der Waals surface area contributed by atoms with E-state index in [-0.39, 0.29) is 5.91 Å². The molecule has 0 saturated carbocycles. The largest absolute Gasteiger partial charge is 0.379 e. The summed E-state index contributed by atoms with van der Waals surface area (Å²) >= 11 is 0. The van der Waals surface area contributed by atoms with Gasteiger partial charge in [-0.15, -0.1) is 0 Å². The van der Waals surface area contributed by atoms with Gasteiger partial charge >= 0.3 is 0 Å². The molecule has 0 aromatic heterocycles. The number of amides is 1. The lowest BCUT2D eigenvalue weighted by Crippen LogP contribution is -2.35. The second-order valence-corrected chi connectivity index (χ2v) is 3.95. The number of benzene rings is 1. The van der Waals surface area contributed by atoms with Gasteiger partial charge in [0.25, 0.3) is 0 Å². The number of ether oxygens (including phenoxy) is 1. The molecule has 0 aliphatic carbocycles. The topological polar surface area (TPSA) is 55.6 Å². The number of morpholine rings is 1. The van der Waals surface area contributed by atoms with E-state index in [9.17, 15) is 4.79 Å². The monoisotopic (exact) mass is 220 g/mol. The van der Waals surface area contributed by atoms with Crippen LogP contribution in [0, 0.1) is 0 Å². The summed E-state index contributed by atoms with van der Waals surface area (Å²) in [6, 6.07) is 7.46. The molecule has 1 fully saturated rings. The normalized spacial score (nSPS) is 17.2. The molecule has 1 aromatic carbocycles. The highest BCUT2D eigenvalue weighted by molar-refractivity contribution is 5.92. The zero-order chi connectivity index (χ0) is 11.4. The van der Waals surface area contributed by atoms with Crippen molar-refractivity contribution in [2.24, 2.45) is 5.73 Å². The van der Waals surface area contributed by atoms with Crippen molar-refractivity contribution in [2.45, 2.75) is 6.54 Å². The van der Waals surface area contributed by atoms with E-state index in [1.807, 2.05) is 12.1 Å². The lowest BCUT2D eigenvalue weighted by Gasteiger charge is -2.26. The van der Waals surface area contributed by atoms with E-state index in [0.29, 0.717) is 5.56 Å². The van der Waals surface area contributed by atoms with Crippen molar-refractivity contribution < 1.29 is 9.53 Å². The number of carbonyl (C=O) groups excluding carboxylic acids is 1. The fourth-order valence-electron chi connectivity index (χ4n) is 1.79. The van der Waals surface area contributed by atoms with E-state index in [0.717, 1.165) is 32.8 Å². The van der Waals surface area contributed by atoms with Gasteiger partial charge in [-0.2, -0.15) is 0 Å². The number of hydrogen-bond donors (Lipinski definition) is 1. The van der Waals surface area contributed by atoms with Crippen molar-refractivity contribution in [1.82, 2.24) is 4.90 Å². The average Bonchev–Trinajstić information content (AvgIpc) is 2.31. The first kappa shape index (κ1) is 11.1. The average molecular weight is 220 g/mol. The first-order valence-electron chi connectivity index (χ1n) is 5.44. The van der Waals surface area contributed by atoms with Crippen LogP contribution in [0.5, 0.6) is 0 Å². The van der Waals surface area contributed by atoms with Crippen LogP contribution in [-0.4, -0.2) is 37.1 Å². The van der Waals surface area contributed by atoms with Crippen LogP contribution in [0.4, 0.5) is 0 Å². The molecule has 1 aliphatic rings. The summed E-state index contributed by atoms with van der Waals surface area (Å²) in [7, 11) is 0. The summed E-state index contributed by atoms with van der Waals surface area (Å²) in [6.45, 7) is 4.45. The van der Waals surface area contributed by atoms with Gasteiger partial charge in [-0.1, -0.05) is 12.1 Å². The smallest absolute Gasteiger partial charge is 0.248 e. The highest BCUT2D eigenvalue weighted by Gasteiger charge is 2.10. The van der Waals surface area contributed by atoms with Crippen LogP contribution in [0.2, 0.25) is 0 Å². The van der Waals surface area contributed by atoms with Crippen molar-refractivity contribution >= 4 is 5.91 Å². The van der Waals surface area contributed by atoms with Crippen LogP contribution in [0.25, 0.3) is 0 Å². The number of nitrogens with zero attached hydrogens (tertiary/aromatic N) is 1. The second-order valence-electron chi connectivity index (χ2n) is 3.95.